The van der Waals surface area contributed by atoms with Gasteiger partial charge in [0.05, 0.1) is 12.1 Å². The molecule has 3 aromatic rings. The minimum Gasteiger partial charge on any atom is -0.492 e. The number of fused-ring (bicyclic) bond motifs is 3. The summed E-state index contributed by atoms with van der Waals surface area (Å²) in [6.45, 7) is 4.27. The Labute approximate surface area is 147 Å². The highest BCUT2D eigenvalue weighted by atomic mass is 19.1. The Kier molecular flexibility index (Phi) is 4.22. The van der Waals surface area contributed by atoms with Crippen LogP contribution in [0.4, 0.5) is 4.39 Å². The topological polar surface area (TPSA) is 17.4 Å². The first kappa shape index (κ1) is 16.2. The Morgan fingerprint density at radius 1 is 1.12 bits per heavy atom. The summed E-state index contributed by atoms with van der Waals surface area (Å²) in [6.07, 6.45) is 0.936. The maximum atomic E-state index is 14.6. The van der Waals surface area contributed by atoms with Crippen LogP contribution < -0.4 is 4.74 Å². The van der Waals surface area contributed by atoms with Crippen molar-refractivity contribution >= 4 is 10.9 Å². The SMILES string of the molecule is CC1Cc2c(c3cccc(F)c3n2CCOc2ccccc2)CN1C. The van der Waals surface area contributed by atoms with E-state index in [0.717, 1.165) is 24.1 Å². The van der Waals surface area contributed by atoms with Crippen LogP contribution in [0.3, 0.4) is 0 Å². The van der Waals surface area contributed by atoms with E-state index in [4.69, 9.17) is 4.74 Å². The lowest BCUT2D eigenvalue weighted by Gasteiger charge is -2.31. The average molecular weight is 338 g/mol. The van der Waals surface area contributed by atoms with Gasteiger partial charge in [-0.1, -0.05) is 30.3 Å². The van der Waals surface area contributed by atoms with E-state index in [0.29, 0.717) is 24.7 Å². The zero-order valence-electron chi connectivity index (χ0n) is 14.7. The summed E-state index contributed by atoms with van der Waals surface area (Å²) in [7, 11) is 2.13. The number of hydrogen-bond donors (Lipinski definition) is 0. The fourth-order valence-electron chi connectivity index (χ4n) is 3.76. The first-order chi connectivity index (χ1) is 12.1. The Balaban J connectivity index is 1.69. The number of hydrogen-bond acceptors (Lipinski definition) is 2. The summed E-state index contributed by atoms with van der Waals surface area (Å²) in [6, 6.07) is 15.6. The quantitative estimate of drug-likeness (QED) is 0.708. The molecule has 1 aromatic heterocycles. The molecule has 4 heteroatoms. The monoisotopic (exact) mass is 338 g/mol. The van der Waals surface area contributed by atoms with Gasteiger partial charge in [-0.25, -0.2) is 4.39 Å². The summed E-state index contributed by atoms with van der Waals surface area (Å²) < 4.78 is 22.6. The summed E-state index contributed by atoms with van der Waals surface area (Å²) in [5.41, 5.74) is 3.23. The van der Waals surface area contributed by atoms with Crippen molar-refractivity contribution in [2.75, 3.05) is 13.7 Å². The molecule has 1 aliphatic heterocycles. The lowest BCUT2D eigenvalue weighted by molar-refractivity contribution is 0.225. The van der Waals surface area contributed by atoms with Crippen molar-refractivity contribution < 1.29 is 9.13 Å². The van der Waals surface area contributed by atoms with Gasteiger partial charge in [-0.15, -0.1) is 0 Å². The van der Waals surface area contributed by atoms with E-state index in [2.05, 4.69) is 23.4 Å². The number of benzene rings is 2. The van der Waals surface area contributed by atoms with Gasteiger partial charge in [-0.2, -0.15) is 0 Å². The highest BCUT2D eigenvalue weighted by molar-refractivity contribution is 5.86. The number of ether oxygens (including phenoxy) is 1. The van der Waals surface area contributed by atoms with Crippen LogP contribution in [0.5, 0.6) is 5.75 Å². The summed E-state index contributed by atoms with van der Waals surface area (Å²) in [5.74, 6) is 0.698. The zero-order valence-corrected chi connectivity index (χ0v) is 14.7. The molecule has 2 aromatic carbocycles. The first-order valence-corrected chi connectivity index (χ1v) is 8.81. The molecule has 25 heavy (non-hydrogen) atoms. The number of nitrogens with zero attached hydrogens (tertiary/aromatic N) is 2. The van der Waals surface area contributed by atoms with Crippen molar-refractivity contribution in [3.63, 3.8) is 0 Å². The van der Waals surface area contributed by atoms with E-state index in [1.54, 1.807) is 12.1 Å². The normalized spacial score (nSPS) is 17.6. The zero-order chi connectivity index (χ0) is 17.4. The third-order valence-electron chi connectivity index (χ3n) is 5.23. The van der Waals surface area contributed by atoms with Crippen LogP contribution in [-0.4, -0.2) is 29.2 Å². The van der Waals surface area contributed by atoms with Gasteiger partial charge in [0.15, 0.2) is 0 Å². The highest BCUT2D eigenvalue weighted by Crippen LogP contribution is 2.33. The van der Waals surface area contributed by atoms with Gasteiger partial charge >= 0.3 is 0 Å². The largest absolute Gasteiger partial charge is 0.492 e. The van der Waals surface area contributed by atoms with Crippen molar-refractivity contribution in [2.45, 2.75) is 32.5 Å². The van der Waals surface area contributed by atoms with E-state index in [1.165, 1.54) is 11.3 Å². The highest BCUT2D eigenvalue weighted by Gasteiger charge is 2.27. The Morgan fingerprint density at radius 2 is 1.92 bits per heavy atom. The molecule has 0 saturated heterocycles. The molecule has 0 amide bonds. The van der Waals surface area contributed by atoms with Gasteiger partial charge in [-0.05, 0) is 37.7 Å². The van der Waals surface area contributed by atoms with Crippen LogP contribution in [0, 0.1) is 5.82 Å². The minimum absolute atomic E-state index is 0.151. The molecule has 0 spiro atoms. The molecule has 0 radical (unpaired) electrons. The van der Waals surface area contributed by atoms with Gasteiger partial charge in [0.25, 0.3) is 0 Å². The van der Waals surface area contributed by atoms with Crippen LogP contribution in [0.2, 0.25) is 0 Å². The van der Waals surface area contributed by atoms with Gasteiger partial charge in [0.2, 0.25) is 0 Å². The fraction of sp³-hybridized carbons (Fsp3) is 0.333. The van der Waals surface area contributed by atoms with Gasteiger partial charge in [0, 0.05) is 30.1 Å². The van der Waals surface area contributed by atoms with Crippen molar-refractivity contribution in [3.05, 3.63) is 65.6 Å². The molecule has 1 atom stereocenters. The first-order valence-electron chi connectivity index (χ1n) is 8.81. The molecule has 0 saturated carbocycles. The van der Waals surface area contributed by atoms with E-state index in [-0.39, 0.29) is 5.82 Å². The average Bonchev–Trinajstić information content (AvgIpc) is 2.91. The van der Waals surface area contributed by atoms with Crippen molar-refractivity contribution in [1.82, 2.24) is 9.47 Å². The lowest BCUT2D eigenvalue weighted by Crippen LogP contribution is -2.35. The minimum atomic E-state index is -0.151. The Hall–Kier alpha value is -2.33. The number of likely N-dealkylation sites (N-methyl/N-ethyl adjacent to an activating group) is 1. The predicted octanol–water partition coefficient (Wildman–Crippen LogP) is 4.24. The maximum Gasteiger partial charge on any atom is 0.147 e. The molecule has 0 fully saturated rings. The van der Waals surface area contributed by atoms with E-state index < -0.39 is 0 Å². The summed E-state index contributed by atoms with van der Waals surface area (Å²) >= 11 is 0. The van der Waals surface area contributed by atoms with Crippen LogP contribution in [0.25, 0.3) is 10.9 Å². The number of para-hydroxylation sites is 2. The Bertz CT molecular complexity index is 888. The van der Waals surface area contributed by atoms with E-state index in [1.807, 2.05) is 36.4 Å². The standard InChI is InChI=1S/C21H23FN2O/c1-15-13-20-18(14-23(15)2)17-9-6-10-19(22)21(17)24(20)11-12-25-16-7-4-3-5-8-16/h3-10,15H,11-14H2,1-2H3. The smallest absolute Gasteiger partial charge is 0.147 e. The van der Waals surface area contributed by atoms with E-state index >= 15 is 0 Å². The number of rotatable bonds is 4. The second-order valence-corrected chi connectivity index (χ2v) is 6.84. The van der Waals surface area contributed by atoms with Crippen LogP contribution in [0.15, 0.2) is 48.5 Å². The molecule has 130 valence electrons. The molecule has 4 rings (SSSR count). The maximum absolute atomic E-state index is 14.6. The van der Waals surface area contributed by atoms with Gasteiger partial charge in [-0.3, -0.25) is 4.90 Å². The van der Waals surface area contributed by atoms with Crippen LogP contribution >= 0.6 is 0 Å². The number of aromatic nitrogens is 1. The molecule has 0 N–H and O–H groups in total. The molecular weight excluding hydrogens is 315 g/mol. The van der Waals surface area contributed by atoms with E-state index in [9.17, 15) is 4.39 Å². The van der Waals surface area contributed by atoms with Gasteiger partial charge in [0.1, 0.15) is 18.2 Å². The Morgan fingerprint density at radius 3 is 2.72 bits per heavy atom. The second kappa shape index (κ2) is 6.52. The molecule has 1 aliphatic rings. The summed E-state index contributed by atoms with van der Waals surface area (Å²) in [5, 5.41) is 1.04. The van der Waals surface area contributed by atoms with Crippen LogP contribution in [-0.2, 0) is 19.5 Å². The summed E-state index contributed by atoms with van der Waals surface area (Å²) in [4.78, 5) is 2.33. The second-order valence-electron chi connectivity index (χ2n) is 6.84. The van der Waals surface area contributed by atoms with Crippen molar-refractivity contribution in [3.8, 4) is 5.75 Å². The molecule has 2 heterocycles. The van der Waals surface area contributed by atoms with Gasteiger partial charge < -0.3 is 9.30 Å². The molecule has 3 nitrogen and oxygen atoms in total. The van der Waals surface area contributed by atoms with Crippen molar-refractivity contribution in [2.24, 2.45) is 0 Å². The van der Waals surface area contributed by atoms with Crippen LogP contribution in [0.1, 0.15) is 18.2 Å². The van der Waals surface area contributed by atoms with Crippen molar-refractivity contribution in [1.29, 1.82) is 0 Å². The number of halogens is 1. The predicted molar refractivity (Wildman–Crippen MR) is 98.5 cm³/mol. The molecule has 1 unspecified atom stereocenters. The molecule has 0 bridgehead atoms. The fourth-order valence-corrected chi connectivity index (χ4v) is 3.76. The molecule has 0 aliphatic carbocycles. The lowest BCUT2D eigenvalue weighted by atomic mass is 10.00. The third-order valence-corrected chi connectivity index (χ3v) is 5.23. The molecular formula is C21H23FN2O. The third kappa shape index (κ3) is 2.91.